The number of para-hydroxylation sites is 1. The lowest BCUT2D eigenvalue weighted by molar-refractivity contribution is -0.387. The molecule has 1 fully saturated rings. The van der Waals surface area contributed by atoms with E-state index in [1.165, 1.54) is 43.5 Å². The van der Waals surface area contributed by atoms with E-state index in [0.717, 1.165) is 23.5 Å². The van der Waals surface area contributed by atoms with E-state index < -0.39 is 49.3 Å². The number of hydrogen-bond donors (Lipinski definition) is 0. The van der Waals surface area contributed by atoms with Gasteiger partial charge in [-0.05, 0) is 48.0 Å². The Hall–Kier alpha value is -3.91. The minimum absolute atomic E-state index is 0.0367. The standard InChI is InChI=1S/C23H22N2O10S2/c1-3-4-11-34-21(26)14-24-22(27)19(36-23(24)28)13-15-9-10-17(18(12-15)33-2)35-37(31,32)20-8-6-5-7-16(20)25(29)30/h5-10,12-13H,3-4,11,14H2,1-2H3/b19-13-. The quantitative estimate of drug-likeness (QED) is 0.100. The van der Waals surface area contributed by atoms with E-state index in [2.05, 4.69) is 0 Å². The predicted octanol–water partition coefficient (Wildman–Crippen LogP) is 3.75. The maximum atomic E-state index is 12.7. The van der Waals surface area contributed by atoms with Crippen molar-refractivity contribution in [2.75, 3.05) is 20.3 Å². The number of carbonyl (C=O) groups is 3. The number of methoxy groups -OCH3 is 1. The Morgan fingerprint density at radius 2 is 1.89 bits per heavy atom. The average molecular weight is 551 g/mol. The van der Waals surface area contributed by atoms with Gasteiger partial charge >= 0.3 is 16.1 Å². The highest BCUT2D eigenvalue weighted by Crippen LogP contribution is 2.36. The van der Waals surface area contributed by atoms with E-state index in [9.17, 15) is 32.9 Å². The molecular weight excluding hydrogens is 528 g/mol. The molecule has 2 aromatic rings. The molecule has 0 N–H and O–H groups in total. The second-order valence-corrected chi connectivity index (χ2v) is 10.0. The van der Waals surface area contributed by atoms with Crippen LogP contribution in [0.5, 0.6) is 11.5 Å². The lowest BCUT2D eigenvalue weighted by Crippen LogP contribution is -2.34. The second kappa shape index (κ2) is 11.9. The molecule has 0 radical (unpaired) electrons. The Balaban J connectivity index is 1.80. The normalized spacial score (nSPS) is 14.6. The van der Waals surface area contributed by atoms with Gasteiger partial charge < -0.3 is 13.7 Å². The fraction of sp³-hybridized carbons (Fsp3) is 0.261. The van der Waals surface area contributed by atoms with E-state index in [4.69, 9.17) is 13.7 Å². The second-order valence-electron chi connectivity index (χ2n) is 7.51. The van der Waals surface area contributed by atoms with Gasteiger partial charge in [0.15, 0.2) is 16.4 Å². The van der Waals surface area contributed by atoms with Crippen molar-refractivity contribution in [1.29, 1.82) is 0 Å². The molecule has 1 saturated heterocycles. The van der Waals surface area contributed by atoms with Gasteiger partial charge in [-0.15, -0.1) is 0 Å². The number of nitro benzene ring substituents is 1. The minimum atomic E-state index is -4.59. The van der Waals surface area contributed by atoms with Gasteiger partial charge in [-0.2, -0.15) is 8.42 Å². The van der Waals surface area contributed by atoms with Gasteiger partial charge in [-0.1, -0.05) is 31.5 Å². The molecule has 0 saturated carbocycles. The molecule has 0 atom stereocenters. The third kappa shape index (κ3) is 6.65. The summed E-state index contributed by atoms with van der Waals surface area (Å²) in [7, 11) is -3.34. The van der Waals surface area contributed by atoms with E-state index in [1.807, 2.05) is 6.92 Å². The van der Waals surface area contributed by atoms with Crippen molar-refractivity contribution in [3.63, 3.8) is 0 Å². The summed E-state index contributed by atoms with van der Waals surface area (Å²) in [4.78, 5) is 47.4. The molecule has 37 heavy (non-hydrogen) atoms. The summed E-state index contributed by atoms with van der Waals surface area (Å²) < 4.78 is 40.7. The molecular formula is C23H22N2O10S2. The van der Waals surface area contributed by atoms with Gasteiger partial charge in [0.1, 0.15) is 6.54 Å². The third-order valence-electron chi connectivity index (χ3n) is 4.94. The first-order chi connectivity index (χ1) is 17.6. The fourth-order valence-corrected chi connectivity index (χ4v) is 5.06. The highest BCUT2D eigenvalue weighted by Gasteiger charge is 2.36. The van der Waals surface area contributed by atoms with Gasteiger partial charge in [0.05, 0.1) is 23.5 Å². The smallest absolute Gasteiger partial charge is 0.346 e. The number of imide groups is 1. The van der Waals surface area contributed by atoms with Crippen molar-refractivity contribution in [1.82, 2.24) is 4.90 Å². The lowest BCUT2D eigenvalue weighted by atomic mass is 10.2. The Kier molecular flexibility index (Phi) is 8.89. The van der Waals surface area contributed by atoms with Gasteiger partial charge in [-0.3, -0.25) is 29.4 Å². The molecule has 1 aliphatic heterocycles. The fourth-order valence-electron chi connectivity index (χ4n) is 3.12. The summed E-state index contributed by atoms with van der Waals surface area (Å²) >= 11 is 0.635. The number of nitrogens with zero attached hydrogens (tertiary/aromatic N) is 2. The Labute approximate surface area is 216 Å². The number of unbranched alkanes of at least 4 members (excludes halogenated alkanes) is 1. The number of ether oxygens (including phenoxy) is 2. The number of benzene rings is 2. The molecule has 2 aromatic carbocycles. The van der Waals surface area contributed by atoms with Crippen molar-refractivity contribution < 1.29 is 41.4 Å². The number of esters is 1. The van der Waals surface area contributed by atoms with E-state index in [-0.39, 0.29) is 23.0 Å². The van der Waals surface area contributed by atoms with E-state index in [0.29, 0.717) is 23.7 Å². The zero-order valence-electron chi connectivity index (χ0n) is 19.7. The van der Waals surface area contributed by atoms with Crippen LogP contribution in [0.3, 0.4) is 0 Å². The largest absolute Gasteiger partial charge is 0.493 e. The summed E-state index contributed by atoms with van der Waals surface area (Å²) in [6.45, 7) is 1.62. The zero-order chi connectivity index (χ0) is 27.2. The molecule has 0 spiro atoms. The van der Waals surface area contributed by atoms with Gasteiger partial charge in [0, 0.05) is 6.07 Å². The number of carbonyl (C=O) groups excluding carboxylic acids is 3. The van der Waals surface area contributed by atoms with Crippen LogP contribution in [0.2, 0.25) is 0 Å². The first-order valence-corrected chi connectivity index (χ1v) is 13.1. The van der Waals surface area contributed by atoms with Crippen LogP contribution in [0.25, 0.3) is 6.08 Å². The number of thioether (sulfide) groups is 1. The van der Waals surface area contributed by atoms with Crippen LogP contribution in [0.1, 0.15) is 25.3 Å². The summed E-state index contributed by atoms with van der Waals surface area (Å²) in [5.41, 5.74) is -0.286. The summed E-state index contributed by atoms with van der Waals surface area (Å²) in [5.74, 6) is -1.67. The summed E-state index contributed by atoms with van der Waals surface area (Å²) in [6.07, 6.45) is 2.86. The van der Waals surface area contributed by atoms with E-state index >= 15 is 0 Å². The Morgan fingerprint density at radius 1 is 1.16 bits per heavy atom. The van der Waals surface area contributed by atoms with Crippen LogP contribution >= 0.6 is 11.8 Å². The molecule has 0 aromatic heterocycles. The van der Waals surface area contributed by atoms with Crippen molar-refractivity contribution in [3.05, 3.63) is 63.0 Å². The topological polar surface area (TPSA) is 159 Å². The first-order valence-electron chi connectivity index (χ1n) is 10.8. The monoisotopic (exact) mass is 550 g/mol. The van der Waals surface area contributed by atoms with Crippen molar-refractivity contribution >= 4 is 50.8 Å². The first kappa shape index (κ1) is 27.7. The maximum Gasteiger partial charge on any atom is 0.346 e. The predicted molar refractivity (Wildman–Crippen MR) is 132 cm³/mol. The van der Waals surface area contributed by atoms with Crippen molar-refractivity contribution in [3.8, 4) is 11.5 Å². The molecule has 2 amide bonds. The molecule has 1 aliphatic rings. The highest BCUT2D eigenvalue weighted by molar-refractivity contribution is 8.18. The third-order valence-corrected chi connectivity index (χ3v) is 7.13. The molecule has 196 valence electrons. The molecule has 3 rings (SSSR count). The van der Waals surface area contributed by atoms with E-state index in [1.54, 1.807) is 0 Å². The molecule has 12 nitrogen and oxygen atoms in total. The highest BCUT2D eigenvalue weighted by atomic mass is 32.2. The maximum absolute atomic E-state index is 12.7. The average Bonchev–Trinajstić information content (AvgIpc) is 3.12. The summed E-state index contributed by atoms with van der Waals surface area (Å²) in [5, 5.41) is 10.6. The van der Waals surface area contributed by atoms with Gasteiger partial charge in [0.25, 0.3) is 16.8 Å². The Bertz CT molecular complexity index is 1370. The molecule has 0 bridgehead atoms. The van der Waals surface area contributed by atoms with Gasteiger partial charge in [-0.25, -0.2) is 0 Å². The Morgan fingerprint density at radius 3 is 2.57 bits per heavy atom. The number of nitro groups is 1. The lowest BCUT2D eigenvalue weighted by Gasteiger charge is -2.12. The zero-order valence-corrected chi connectivity index (χ0v) is 21.4. The number of hydrogen-bond acceptors (Lipinski definition) is 11. The minimum Gasteiger partial charge on any atom is -0.493 e. The van der Waals surface area contributed by atoms with Crippen LogP contribution in [0.4, 0.5) is 10.5 Å². The van der Waals surface area contributed by atoms with Gasteiger partial charge in [0.2, 0.25) is 0 Å². The molecule has 14 heteroatoms. The SMILES string of the molecule is CCCCOC(=O)CN1C(=O)S/C(=C\c2ccc(OS(=O)(=O)c3ccccc3[N+](=O)[O-])c(OC)c2)C1=O. The molecule has 1 heterocycles. The van der Waals surface area contributed by atoms with Crippen LogP contribution in [-0.4, -0.2) is 55.6 Å². The molecule has 0 unspecified atom stereocenters. The van der Waals surface area contributed by atoms with Crippen LogP contribution < -0.4 is 8.92 Å². The van der Waals surface area contributed by atoms with Crippen LogP contribution in [0.15, 0.2) is 52.3 Å². The number of amides is 2. The van der Waals surface area contributed by atoms with Crippen LogP contribution in [0, 0.1) is 10.1 Å². The summed E-state index contributed by atoms with van der Waals surface area (Å²) in [6, 6.07) is 8.73. The van der Waals surface area contributed by atoms with Crippen LogP contribution in [-0.2, 0) is 24.4 Å². The van der Waals surface area contributed by atoms with Crippen molar-refractivity contribution in [2.45, 2.75) is 24.7 Å². The number of rotatable bonds is 11. The van der Waals surface area contributed by atoms with Crippen molar-refractivity contribution in [2.24, 2.45) is 0 Å². The molecule has 0 aliphatic carbocycles.